The number of benzene rings is 2. The number of nitrogens with zero attached hydrogens (tertiary/aromatic N) is 2. The van der Waals surface area contributed by atoms with E-state index >= 15 is 0 Å². The van der Waals surface area contributed by atoms with Gasteiger partial charge in [-0.2, -0.15) is 0 Å². The lowest BCUT2D eigenvalue weighted by Crippen LogP contribution is -2.11. The molecule has 1 heterocycles. The summed E-state index contributed by atoms with van der Waals surface area (Å²) in [7, 11) is 0. The van der Waals surface area contributed by atoms with Crippen molar-refractivity contribution < 1.29 is 19.1 Å². The van der Waals surface area contributed by atoms with E-state index in [1.54, 1.807) is 30.3 Å². The Morgan fingerprint density at radius 3 is 2.41 bits per heavy atom. The number of nitrogens with two attached hydrogens (primary N) is 1. The van der Waals surface area contributed by atoms with Crippen LogP contribution >= 0.6 is 0 Å². The van der Waals surface area contributed by atoms with Crippen molar-refractivity contribution in [2.75, 3.05) is 0 Å². The highest BCUT2D eigenvalue weighted by atomic mass is 19.1. The van der Waals surface area contributed by atoms with Gasteiger partial charge in [-0.3, -0.25) is 9.59 Å². The number of fused-ring (bicyclic) bond motifs is 1. The van der Waals surface area contributed by atoms with Crippen LogP contribution in [0.4, 0.5) is 4.39 Å². The topological polar surface area (TPSA) is 106 Å². The number of aromatic nitrogens is 2. The van der Waals surface area contributed by atoms with E-state index in [4.69, 9.17) is 10.8 Å². The van der Waals surface area contributed by atoms with Gasteiger partial charge in [0.1, 0.15) is 5.82 Å². The zero-order valence-corrected chi connectivity index (χ0v) is 14.5. The van der Waals surface area contributed by atoms with Crippen LogP contribution in [0.3, 0.4) is 0 Å². The minimum absolute atomic E-state index is 0.0821. The van der Waals surface area contributed by atoms with Crippen LogP contribution in [-0.4, -0.2) is 27.0 Å². The molecule has 0 atom stereocenters. The molecule has 0 aliphatic carbocycles. The Hall–Kier alpha value is -3.35. The summed E-state index contributed by atoms with van der Waals surface area (Å²) in [6.07, 6.45) is 1.73. The molecule has 0 saturated heterocycles. The first-order valence-electron chi connectivity index (χ1n) is 8.52. The number of carboxylic acids is 1. The first-order chi connectivity index (χ1) is 12.9. The maximum absolute atomic E-state index is 13.3. The number of hydrogen-bond donors (Lipinski definition) is 2. The minimum atomic E-state index is -0.843. The summed E-state index contributed by atoms with van der Waals surface area (Å²) in [6, 6.07) is 10.8. The fourth-order valence-corrected chi connectivity index (χ4v) is 2.83. The summed E-state index contributed by atoms with van der Waals surface area (Å²) in [5.41, 5.74) is 8.79. The number of unbranched alkanes of at least 4 members (excludes halogenated alkanes) is 1. The Labute approximate surface area is 154 Å². The largest absolute Gasteiger partial charge is 0.481 e. The van der Waals surface area contributed by atoms with Crippen molar-refractivity contribution in [2.24, 2.45) is 5.73 Å². The Kier molecular flexibility index (Phi) is 5.40. The van der Waals surface area contributed by atoms with E-state index in [-0.39, 0.29) is 12.2 Å². The van der Waals surface area contributed by atoms with E-state index in [9.17, 15) is 14.0 Å². The molecule has 7 heteroatoms. The number of primary amides is 1. The van der Waals surface area contributed by atoms with Gasteiger partial charge in [0.2, 0.25) is 5.91 Å². The number of aryl methyl sites for hydroxylation is 1. The summed E-state index contributed by atoms with van der Waals surface area (Å²) in [4.78, 5) is 31.4. The molecule has 1 amide bonds. The van der Waals surface area contributed by atoms with Crippen LogP contribution in [0.5, 0.6) is 0 Å². The molecule has 2 aromatic carbocycles. The Bertz CT molecular complexity index is 1000. The van der Waals surface area contributed by atoms with Crippen molar-refractivity contribution in [3.8, 4) is 11.3 Å². The van der Waals surface area contributed by atoms with Crippen LogP contribution in [0.15, 0.2) is 42.5 Å². The zero-order chi connectivity index (χ0) is 19.4. The van der Waals surface area contributed by atoms with Crippen LogP contribution in [0.1, 0.15) is 35.3 Å². The second kappa shape index (κ2) is 7.90. The highest BCUT2D eigenvalue weighted by Gasteiger charge is 2.13. The fraction of sp³-hybridized carbons (Fsp3) is 0.200. The molecule has 6 nitrogen and oxygen atoms in total. The Morgan fingerprint density at radius 1 is 1.00 bits per heavy atom. The van der Waals surface area contributed by atoms with Gasteiger partial charge in [0.25, 0.3) is 0 Å². The van der Waals surface area contributed by atoms with Crippen molar-refractivity contribution in [1.29, 1.82) is 0 Å². The highest BCUT2D eigenvalue weighted by Crippen LogP contribution is 2.25. The van der Waals surface area contributed by atoms with E-state index in [1.807, 2.05) is 0 Å². The Morgan fingerprint density at radius 2 is 1.74 bits per heavy atom. The second-order valence-electron chi connectivity index (χ2n) is 6.19. The molecule has 3 aromatic rings. The van der Waals surface area contributed by atoms with E-state index in [1.165, 1.54) is 12.1 Å². The van der Waals surface area contributed by atoms with Crippen molar-refractivity contribution in [2.45, 2.75) is 25.7 Å². The van der Waals surface area contributed by atoms with Gasteiger partial charge in [0.05, 0.1) is 22.4 Å². The molecule has 0 saturated carbocycles. The molecule has 0 fully saturated rings. The molecule has 138 valence electrons. The monoisotopic (exact) mass is 367 g/mol. The molecule has 0 unspecified atom stereocenters. The fourth-order valence-electron chi connectivity index (χ4n) is 2.83. The smallest absolute Gasteiger partial charge is 0.303 e. The van der Waals surface area contributed by atoms with Gasteiger partial charge in [-0.1, -0.05) is 0 Å². The molecule has 0 bridgehead atoms. The van der Waals surface area contributed by atoms with Gasteiger partial charge in [0, 0.05) is 17.5 Å². The van der Waals surface area contributed by atoms with Crippen LogP contribution in [0.25, 0.3) is 22.3 Å². The summed E-state index contributed by atoms with van der Waals surface area (Å²) >= 11 is 0. The molecule has 1 aromatic heterocycles. The number of carbonyl (C=O) groups excluding carboxylic acids is 1. The summed E-state index contributed by atoms with van der Waals surface area (Å²) in [5.74, 6) is -1.74. The number of carbonyl (C=O) groups is 2. The molecule has 0 radical (unpaired) electrons. The van der Waals surface area contributed by atoms with Crippen molar-refractivity contribution >= 4 is 22.9 Å². The zero-order valence-electron chi connectivity index (χ0n) is 14.5. The van der Waals surface area contributed by atoms with Crippen LogP contribution in [0.2, 0.25) is 0 Å². The average Bonchev–Trinajstić information content (AvgIpc) is 2.64. The number of amides is 1. The molecule has 27 heavy (non-hydrogen) atoms. The number of rotatable bonds is 7. The molecule has 0 spiro atoms. The van der Waals surface area contributed by atoms with Crippen molar-refractivity contribution in [1.82, 2.24) is 9.97 Å². The molecule has 0 aliphatic rings. The third-order valence-corrected chi connectivity index (χ3v) is 4.19. The molecule has 0 aliphatic heterocycles. The van der Waals surface area contributed by atoms with Crippen LogP contribution in [-0.2, 0) is 11.2 Å². The lowest BCUT2D eigenvalue weighted by Gasteiger charge is -2.11. The number of halogens is 1. The summed E-state index contributed by atoms with van der Waals surface area (Å²) in [5, 5.41) is 8.79. The van der Waals surface area contributed by atoms with Gasteiger partial charge < -0.3 is 10.8 Å². The maximum atomic E-state index is 13.3. The van der Waals surface area contributed by atoms with Gasteiger partial charge in [-0.15, -0.1) is 0 Å². The van der Waals surface area contributed by atoms with E-state index in [2.05, 4.69) is 9.97 Å². The molecular formula is C20H18FN3O3. The van der Waals surface area contributed by atoms with Gasteiger partial charge in [0.15, 0.2) is 0 Å². The maximum Gasteiger partial charge on any atom is 0.303 e. The minimum Gasteiger partial charge on any atom is -0.481 e. The second-order valence-corrected chi connectivity index (χ2v) is 6.19. The average molecular weight is 367 g/mol. The SMILES string of the molecule is NC(=O)c1ccc2nc(-c3ccc(F)cc3)c(CCCCC(=O)O)nc2c1. The quantitative estimate of drug-likeness (QED) is 0.623. The van der Waals surface area contributed by atoms with Gasteiger partial charge in [-0.05, 0) is 61.7 Å². The highest BCUT2D eigenvalue weighted by molar-refractivity contribution is 5.96. The number of aliphatic carboxylic acids is 1. The van der Waals surface area contributed by atoms with Crippen molar-refractivity contribution in [3.63, 3.8) is 0 Å². The number of carboxylic acid groups (broad SMARTS) is 1. The van der Waals surface area contributed by atoms with Gasteiger partial charge >= 0.3 is 5.97 Å². The normalized spacial score (nSPS) is 10.9. The van der Waals surface area contributed by atoms with Crippen LogP contribution in [0, 0.1) is 5.82 Å². The third kappa shape index (κ3) is 4.44. The number of hydrogen-bond acceptors (Lipinski definition) is 4. The molecular weight excluding hydrogens is 349 g/mol. The predicted molar refractivity (Wildman–Crippen MR) is 98.6 cm³/mol. The van der Waals surface area contributed by atoms with Gasteiger partial charge in [-0.25, -0.2) is 14.4 Å². The first-order valence-corrected chi connectivity index (χ1v) is 8.52. The standard InChI is InChI=1S/C20H18FN3O3/c21-14-8-5-12(6-9-14)19-16(3-1-2-4-18(25)26)23-17-11-13(20(22)27)7-10-15(17)24-19/h5-11H,1-4H2,(H2,22,27)(H,25,26). The van der Waals surface area contributed by atoms with E-state index < -0.39 is 11.9 Å². The molecule has 3 rings (SSSR count). The third-order valence-electron chi connectivity index (χ3n) is 4.19. The first kappa shape index (κ1) is 18.4. The predicted octanol–water partition coefficient (Wildman–Crippen LogP) is 3.33. The lowest BCUT2D eigenvalue weighted by molar-refractivity contribution is -0.137. The van der Waals surface area contributed by atoms with Crippen molar-refractivity contribution in [3.05, 3.63) is 59.5 Å². The Balaban J connectivity index is 2.02. The van der Waals surface area contributed by atoms with Crippen LogP contribution < -0.4 is 5.73 Å². The van der Waals surface area contributed by atoms with E-state index in [0.29, 0.717) is 47.2 Å². The van der Waals surface area contributed by atoms with E-state index in [0.717, 1.165) is 5.56 Å². The summed E-state index contributed by atoms with van der Waals surface area (Å²) in [6.45, 7) is 0. The lowest BCUT2D eigenvalue weighted by atomic mass is 10.0. The summed E-state index contributed by atoms with van der Waals surface area (Å²) < 4.78 is 13.3. The molecule has 3 N–H and O–H groups in total.